The van der Waals surface area contributed by atoms with Gasteiger partial charge in [-0.05, 0) is 25.0 Å². The van der Waals surface area contributed by atoms with Gasteiger partial charge >= 0.3 is 0 Å². The molecule has 2 rings (SSSR count). The van der Waals surface area contributed by atoms with E-state index in [0.717, 1.165) is 12.8 Å². The highest BCUT2D eigenvalue weighted by atomic mass is 32.2. The number of hydrogen-bond acceptors (Lipinski definition) is 2. The maximum Gasteiger partial charge on any atom is 0.184 e. The molecule has 0 heterocycles. The topological polar surface area (TPSA) is 34.1 Å². The van der Waals surface area contributed by atoms with Crippen molar-refractivity contribution in [1.29, 1.82) is 0 Å². The van der Waals surface area contributed by atoms with Crippen LogP contribution in [-0.2, 0) is 9.84 Å². The van der Waals surface area contributed by atoms with E-state index in [9.17, 15) is 8.42 Å². The Morgan fingerprint density at radius 1 is 1.14 bits per heavy atom. The van der Waals surface area contributed by atoms with Crippen LogP contribution in [-0.4, -0.2) is 13.7 Å². The van der Waals surface area contributed by atoms with E-state index >= 15 is 0 Å². The highest BCUT2D eigenvalue weighted by Gasteiger charge is 2.26. The summed E-state index contributed by atoms with van der Waals surface area (Å²) in [5.41, 5.74) is 0. The van der Waals surface area contributed by atoms with E-state index in [0.29, 0.717) is 4.90 Å². The van der Waals surface area contributed by atoms with Crippen LogP contribution in [0.1, 0.15) is 12.8 Å². The van der Waals surface area contributed by atoms with E-state index in [2.05, 4.69) is 0 Å². The average Bonchev–Trinajstić information content (AvgIpc) is 2.72. The highest BCUT2D eigenvalue weighted by molar-refractivity contribution is 7.92. The minimum Gasteiger partial charge on any atom is -0.223 e. The van der Waals surface area contributed by atoms with Gasteiger partial charge in [0.25, 0.3) is 0 Å². The molecule has 3 heteroatoms. The first-order chi connectivity index (χ1) is 6.71. The maximum atomic E-state index is 12.0. The summed E-state index contributed by atoms with van der Waals surface area (Å²) >= 11 is 0. The molecule has 0 fully saturated rings. The Morgan fingerprint density at radius 3 is 2.43 bits per heavy atom. The monoisotopic (exact) mass is 208 g/mol. The Morgan fingerprint density at radius 2 is 1.86 bits per heavy atom. The lowest BCUT2D eigenvalue weighted by atomic mass is 10.4. The Balaban J connectivity index is 2.38. The summed E-state index contributed by atoms with van der Waals surface area (Å²) in [5, 5.41) is -0.315. The first-order valence-electron chi connectivity index (χ1n) is 4.67. The molecule has 1 atom stereocenters. The third-order valence-corrected chi connectivity index (χ3v) is 4.56. The van der Waals surface area contributed by atoms with Crippen LogP contribution >= 0.6 is 0 Å². The van der Waals surface area contributed by atoms with Crippen LogP contribution in [0.5, 0.6) is 0 Å². The predicted octanol–water partition coefficient (Wildman–Crippen LogP) is 2.18. The second-order valence-corrected chi connectivity index (χ2v) is 5.57. The summed E-state index contributed by atoms with van der Waals surface area (Å²) in [5.74, 6) is 0. The maximum absolute atomic E-state index is 12.0. The van der Waals surface area contributed by atoms with Crippen molar-refractivity contribution in [2.45, 2.75) is 23.0 Å². The first-order valence-corrected chi connectivity index (χ1v) is 6.21. The molecule has 14 heavy (non-hydrogen) atoms. The first kappa shape index (κ1) is 9.46. The zero-order chi connectivity index (χ0) is 10.0. The molecule has 0 N–H and O–H groups in total. The van der Waals surface area contributed by atoms with Crippen molar-refractivity contribution < 1.29 is 8.42 Å². The lowest BCUT2D eigenvalue weighted by Crippen LogP contribution is -2.16. The molecular formula is C11H12O2S. The van der Waals surface area contributed by atoms with Crippen LogP contribution < -0.4 is 0 Å². The van der Waals surface area contributed by atoms with Gasteiger partial charge in [0, 0.05) is 0 Å². The fourth-order valence-corrected chi connectivity index (χ4v) is 3.30. The van der Waals surface area contributed by atoms with Crippen LogP contribution in [0, 0.1) is 0 Å². The minimum absolute atomic E-state index is 0.315. The van der Waals surface area contributed by atoms with Gasteiger partial charge in [0.15, 0.2) is 9.84 Å². The molecular weight excluding hydrogens is 196 g/mol. The summed E-state index contributed by atoms with van der Waals surface area (Å²) in [4.78, 5) is 0.427. The van der Waals surface area contributed by atoms with Gasteiger partial charge in [-0.25, -0.2) is 8.42 Å². The van der Waals surface area contributed by atoms with E-state index in [4.69, 9.17) is 0 Å². The predicted molar refractivity (Wildman–Crippen MR) is 55.8 cm³/mol. The van der Waals surface area contributed by atoms with E-state index < -0.39 is 9.84 Å². The molecule has 1 aliphatic rings. The molecule has 0 aromatic heterocycles. The van der Waals surface area contributed by atoms with E-state index in [1.165, 1.54) is 0 Å². The molecule has 1 aliphatic carbocycles. The number of sulfone groups is 1. The molecule has 0 radical (unpaired) electrons. The average molecular weight is 208 g/mol. The second kappa shape index (κ2) is 3.58. The third-order valence-electron chi connectivity index (χ3n) is 2.44. The van der Waals surface area contributed by atoms with Gasteiger partial charge < -0.3 is 0 Å². The smallest absolute Gasteiger partial charge is 0.184 e. The van der Waals surface area contributed by atoms with Crippen LogP contribution in [0.2, 0.25) is 0 Å². The Hall–Kier alpha value is -1.09. The number of rotatable bonds is 2. The fourth-order valence-electron chi connectivity index (χ4n) is 1.65. The fraction of sp³-hybridized carbons (Fsp3) is 0.273. The summed E-state index contributed by atoms with van der Waals surface area (Å²) in [7, 11) is -3.13. The van der Waals surface area contributed by atoms with Crippen LogP contribution in [0.15, 0.2) is 47.4 Å². The van der Waals surface area contributed by atoms with Gasteiger partial charge in [0.1, 0.15) is 0 Å². The van der Waals surface area contributed by atoms with Crippen molar-refractivity contribution in [3.63, 3.8) is 0 Å². The summed E-state index contributed by atoms with van der Waals surface area (Å²) in [6.45, 7) is 0. The van der Waals surface area contributed by atoms with Crippen molar-refractivity contribution in [2.24, 2.45) is 0 Å². The molecule has 2 nitrogen and oxygen atoms in total. The molecule has 1 unspecified atom stereocenters. The van der Waals surface area contributed by atoms with Crippen molar-refractivity contribution in [2.75, 3.05) is 0 Å². The van der Waals surface area contributed by atoms with Gasteiger partial charge in [-0.15, -0.1) is 0 Å². The molecule has 0 saturated carbocycles. The molecule has 1 aromatic rings. The Bertz CT molecular complexity index is 432. The zero-order valence-corrected chi connectivity index (χ0v) is 8.57. The van der Waals surface area contributed by atoms with E-state index in [-0.39, 0.29) is 5.25 Å². The van der Waals surface area contributed by atoms with Gasteiger partial charge in [-0.3, -0.25) is 0 Å². The summed E-state index contributed by atoms with van der Waals surface area (Å²) in [6.07, 6.45) is 5.32. The molecule has 0 amide bonds. The molecule has 74 valence electrons. The second-order valence-electron chi connectivity index (χ2n) is 3.40. The SMILES string of the molecule is O=S(=O)(c1ccccc1)C1C=CCC1. The molecule has 0 aliphatic heterocycles. The molecule has 0 spiro atoms. The minimum atomic E-state index is -3.13. The van der Waals surface area contributed by atoms with Crippen LogP contribution in [0.3, 0.4) is 0 Å². The highest BCUT2D eigenvalue weighted by Crippen LogP contribution is 2.24. The molecule has 0 bridgehead atoms. The van der Waals surface area contributed by atoms with Gasteiger partial charge in [0.05, 0.1) is 10.1 Å². The Labute approximate surface area is 84.2 Å². The normalized spacial score (nSPS) is 21.3. The number of hydrogen-bond donors (Lipinski definition) is 0. The lowest BCUT2D eigenvalue weighted by Gasteiger charge is -2.09. The van der Waals surface area contributed by atoms with Crippen molar-refractivity contribution in [1.82, 2.24) is 0 Å². The van der Waals surface area contributed by atoms with Crippen LogP contribution in [0.4, 0.5) is 0 Å². The number of allylic oxidation sites excluding steroid dienone is 1. The number of benzene rings is 1. The standard InChI is InChI=1S/C11H12O2S/c12-14(13,11-8-4-5-9-11)10-6-2-1-3-7-10/h1-4,6-8,11H,5,9H2. The van der Waals surface area contributed by atoms with Crippen molar-refractivity contribution >= 4 is 9.84 Å². The summed E-state index contributed by atoms with van der Waals surface area (Å²) < 4.78 is 24.0. The zero-order valence-electron chi connectivity index (χ0n) is 7.76. The lowest BCUT2D eigenvalue weighted by molar-refractivity contribution is 0.587. The Kier molecular flexibility index (Phi) is 2.42. The van der Waals surface area contributed by atoms with Crippen molar-refractivity contribution in [3.05, 3.63) is 42.5 Å². The van der Waals surface area contributed by atoms with Gasteiger partial charge in [-0.1, -0.05) is 30.4 Å². The molecule has 1 aromatic carbocycles. The summed E-state index contributed by atoms with van der Waals surface area (Å²) in [6, 6.07) is 8.64. The van der Waals surface area contributed by atoms with E-state index in [1.54, 1.807) is 30.3 Å². The quantitative estimate of drug-likeness (QED) is 0.698. The van der Waals surface area contributed by atoms with Crippen LogP contribution in [0.25, 0.3) is 0 Å². The van der Waals surface area contributed by atoms with Gasteiger partial charge in [0.2, 0.25) is 0 Å². The third kappa shape index (κ3) is 1.60. The molecule has 0 saturated heterocycles. The largest absolute Gasteiger partial charge is 0.223 e. The van der Waals surface area contributed by atoms with Crippen molar-refractivity contribution in [3.8, 4) is 0 Å². The van der Waals surface area contributed by atoms with E-state index in [1.807, 2.05) is 12.1 Å². The van der Waals surface area contributed by atoms with Gasteiger partial charge in [-0.2, -0.15) is 0 Å².